The Morgan fingerprint density at radius 3 is 2.71 bits per heavy atom. The molecule has 2 aromatic rings. The smallest absolute Gasteiger partial charge is 0.181 e. The maximum absolute atomic E-state index is 5.29. The second-order valence-corrected chi connectivity index (χ2v) is 4.62. The van der Waals surface area contributed by atoms with Gasteiger partial charge in [0.05, 0.1) is 6.20 Å². The maximum atomic E-state index is 5.29. The standard InChI is InChI=1S/C14H18N2O/c1-10(2)11(3)16-13-6-4-5-12(7-13)14-8-15-9-17-14/h4-11,16H,1-3H3. The summed E-state index contributed by atoms with van der Waals surface area (Å²) in [4.78, 5) is 3.93. The lowest BCUT2D eigenvalue weighted by Crippen LogP contribution is -2.21. The Bertz CT molecular complexity index is 463. The molecule has 1 heterocycles. The summed E-state index contributed by atoms with van der Waals surface area (Å²) in [6, 6.07) is 8.64. The van der Waals surface area contributed by atoms with E-state index < -0.39 is 0 Å². The third kappa shape index (κ3) is 2.87. The van der Waals surface area contributed by atoms with Gasteiger partial charge in [0.15, 0.2) is 12.2 Å². The van der Waals surface area contributed by atoms with Gasteiger partial charge >= 0.3 is 0 Å². The van der Waals surface area contributed by atoms with Gasteiger partial charge in [-0.25, -0.2) is 4.98 Å². The van der Waals surface area contributed by atoms with E-state index in [4.69, 9.17) is 4.42 Å². The lowest BCUT2D eigenvalue weighted by Gasteiger charge is -2.19. The fourth-order valence-electron chi connectivity index (χ4n) is 1.55. The average Bonchev–Trinajstić information content (AvgIpc) is 2.82. The van der Waals surface area contributed by atoms with Gasteiger partial charge in [0.1, 0.15) is 0 Å². The Morgan fingerprint density at radius 1 is 1.24 bits per heavy atom. The van der Waals surface area contributed by atoms with Crippen molar-refractivity contribution in [3.05, 3.63) is 36.9 Å². The second-order valence-electron chi connectivity index (χ2n) is 4.62. The molecule has 0 saturated heterocycles. The lowest BCUT2D eigenvalue weighted by atomic mass is 10.1. The minimum absolute atomic E-state index is 0.444. The molecule has 90 valence electrons. The third-order valence-corrected chi connectivity index (χ3v) is 2.97. The minimum atomic E-state index is 0.444. The normalized spacial score (nSPS) is 12.7. The van der Waals surface area contributed by atoms with Crippen LogP contribution in [0.15, 0.2) is 41.3 Å². The fourth-order valence-corrected chi connectivity index (χ4v) is 1.55. The van der Waals surface area contributed by atoms with E-state index in [1.54, 1.807) is 6.20 Å². The van der Waals surface area contributed by atoms with E-state index in [1.807, 2.05) is 12.1 Å². The predicted octanol–water partition coefficient (Wildman–Crippen LogP) is 3.80. The third-order valence-electron chi connectivity index (χ3n) is 2.97. The van der Waals surface area contributed by atoms with Crippen LogP contribution in [0.5, 0.6) is 0 Å². The molecule has 3 heteroatoms. The van der Waals surface area contributed by atoms with Crippen molar-refractivity contribution in [2.45, 2.75) is 26.8 Å². The van der Waals surface area contributed by atoms with Gasteiger partial charge in [0, 0.05) is 17.3 Å². The molecule has 1 N–H and O–H groups in total. The topological polar surface area (TPSA) is 38.1 Å². The Labute approximate surface area is 102 Å². The van der Waals surface area contributed by atoms with Crippen molar-refractivity contribution in [3.8, 4) is 11.3 Å². The summed E-state index contributed by atoms with van der Waals surface area (Å²) >= 11 is 0. The Hall–Kier alpha value is -1.77. The van der Waals surface area contributed by atoms with Crippen molar-refractivity contribution < 1.29 is 4.42 Å². The van der Waals surface area contributed by atoms with Gasteiger partial charge < -0.3 is 9.73 Å². The van der Waals surface area contributed by atoms with Crippen LogP contribution in [0, 0.1) is 5.92 Å². The van der Waals surface area contributed by atoms with Gasteiger partial charge in [-0.3, -0.25) is 0 Å². The van der Waals surface area contributed by atoms with Crippen LogP contribution >= 0.6 is 0 Å². The number of nitrogens with zero attached hydrogens (tertiary/aromatic N) is 1. The molecular weight excluding hydrogens is 212 g/mol. The number of hydrogen-bond acceptors (Lipinski definition) is 3. The fraction of sp³-hybridized carbons (Fsp3) is 0.357. The van der Waals surface area contributed by atoms with Crippen LogP contribution in [0.1, 0.15) is 20.8 Å². The van der Waals surface area contributed by atoms with Gasteiger partial charge in [-0.05, 0) is 25.0 Å². The number of hydrogen-bond donors (Lipinski definition) is 1. The van der Waals surface area contributed by atoms with E-state index in [0.717, 1.165) is 17.0 Å². The molecule has 1 unspecified atom stereocenters. The van der Waals surface area contributed by atoms with Crippen molar-refractivity contribution in [2.75, 3.05) is 5.32 Å². The number of oxazole rings is 1. The van der Waals surface area contributed by atoms with Gasteiger partial charge in [0.25, 0.3) is 0 Å². The first-order valence-electron chi connectivity index (χ1n) is 5.92. The van der Waals surface area contributed by atoms with Gasteiger partial charge in [-0.2, -0.15) is 0 Å². The number of benzene rings is 1. The highest BCUT2D eigenvalue weighted by atomic mass is 16.3. The highest BCUT2D eigenvalue weighted by Crippen LogP contribution is 2.23. The van der Waals surface area contributed by atoms with Gasteiger partial charge in [0.2, 0.25) is 0 Å². The first-order valence-corrected chi connectivity index (χ1v) is 5.92. The molecule has 3 nitrogen and oxygen atoms in total. The van der Waals surface area contributed by atoms with Crippen molar-refractivity contribution in [3.63, 3.8) is 0 Å². The number of rotatable bonds is 4. The molecule has 0 aliphatic rings. The summed E-state index contributed by atoms with van der Waals surface area (Å²) in [6.07, 6.45) is 3.18. The van der Waals surface area contributed by atoms with E-state index in [-0.39, 0.29) is 0 Å². The zero-order valence-electron chi connectivity index (χ0n) is 10.5. The predicted molar refractivity (Wildman–Crippen MR) is 69.9 cm³/mol. The molecule has 1 aromatic carbocycles. The summed E-state index contributed by atoms with van der Waals surface area (Å²) in [6.45, 7) is 6.60. The summed E-state index contributed by atoms with van der Waals surface area (Å²) in [5.41, 5.74) is 2.16. The SMILES string of the molecule is CC(C)C(C)Nc1cccc(-c2cnco2)c1. The molecule has 0 aliphatic carbocycles. The van der Waals surface area contributed by atoms with E-state index in [2.05, 4.69) is 43.2 Å². The van der Waals surface area contributed by atoms with Crippen LogP contribution in [0.2, 0.25) is 0 Å². The summed E-state index contributed by atoms with van der Waals surface area (Å²) in [5.74, 6) is 1.40. The van der Waals surface area contributed by atoms with Gasteiger partial charge in [-0.1, -0.05) is 26.0 Å². The second kappa shape index (κ2) is 5.04. The van der Waals surface area contributed by atoms with Crippen LogP contribution in [0.4, 0.5) is 5.69 Å². The van der Waals surface area contributed by atoms with Crippen LogP contribution in [-0.2, 0) is 0 Å². The minimum Gasteiger partial charge on any atom is -0.444 e. The average molecular weight is 230 g/mol. The molecule has 2 rings (SSSR count). The van der Waals surface area contributed by atoms with Crippen LogP contribution < -0.4 is 5.32 Å². The summed E-state index contributed by atoms with van der Waals surface area (Å²) in [5, 5.41) is 3.48. The van der Waals surface area contributed by atoms with Crippen molar-refractivity contribution in [2.24, 2.45) is 5.92 Å². The van der Waals surface area contributed by atoms with E-state index in [0.29, 0.717) is 12.0 Å². The highest BCUT2D eigenvalue weighted by molar-refractivity contribution is 5.63. The molecule has 0 spiro atoms. The Kier molecular flexibility index (Phi) is 3.47. The zero-order valence-corrected chi connectivity index (χ0v) is 10.5. The van der Waals surface area contributed by atoms with Gasteiger partial charge in [-0.15, -0.1) is 0 Å². The molecule has 1 aromatic heterocycles. The molecule has 17 heavy (non-hydrogen) atoms. The molecule has 0 radical (unpaired) electrons. The lowest BCUT2D eigenvalue weighted by molar-refractivity contribution is 0.560. The largest absolute Gasteiger partial charge is 0.444 e. The van der Waals surface area contributed by atoms with Crippen molar-refractivity contribution in [1.82, 2.24) is 4.98 Å². The first-order chi connectivity index (χ1) is 8.16. The van der Waals surface area contributed by atoms with Crippen LogP contribution in [-0.4, -0.2) is 11.0 Å². The number of aromatic nitrogens is 1. The summed E-state index contributed by atoms with van der Waals surface area (Å²) < 4.78 is 5.29. The molecule has 1 atom stereocenters. The highest BCUT2D eigenvalue weighted by Gasteiger charge is 2.07. The first kappa shape index (κ1) is 11.7. The number of anilines is 1. The Balaban J connectivity index is 2.18. The molecular formula is C14H18N2O. The Morgan fingerprint density at radius 2 is 2.06 bits per heavy atom. The molecule has 0 aliphatic heterocycles. The van der Waals surface area contributed by atoms with E-state index >= 15 is 0 Å². The summed E-state index contributed by atoms with van der Waals surface area (Å²) in [7, 11) is 0. The monoisotopic (exact) mass is 230 g/mol. The van der Waals surface area contributed by atoms with E-state index in [1.165, 1.54) is 6.39 Å². The van der Waals surface area contributed by atoms with E-state index in [9.17, 15) is 0 Å². The molecule has 0 fully saturated rings. The quantitative estimate of drug-likeness (QED) is 0.868. The molecule has 0 saturated carbocycles. The molecule has 0 bridgehead atoms. The molecule has 0 amide bonds. The maximum Gasteiger partial charge on any atom is 0.181 e. The van der Waals surface area contributed by atoms with Crippen molar-refractivity contribution >= 4 is 5.69 Å². The van der Waals surface area contributed by atoms with Crippen LogP contribution in [0.25, 0.3) is 11.3 Å². The van der Waals surface area contributed by atoms with Crippen molar-refractivity contribution in [1.29, 1.82) is 0 Å². The zero-order chi connectivity index (χ0) is 12.3. The number of nitrogens with one attached hydrogen (secondary N) is 1. The van der Waals surface area contributed by atoms with Crippen LogP contribution in [0.3, 0.4) is 0 Å².